The highest BCUT2D eigenvalue weighted by atomic mass is 19.1. The van der Waals surface area contributed by atoms with Crippen LogP contribution in [-0.4, -0.2) is 35.3 Å². The van der Waals surface area contributed by atoms with Gasteiger partial charge in [-0.3, -0.25) is 4.90 Å². The van der Waals surface area contributed by atoms with Crippen LogP contribution in [0, 0.1) is 11.6 Å². The molecule has 3 N–H and O–H groups in total. The highest BCUT2D eigenvalue weighted by Gasteiger charge is 2.34. The van der Waals surface area contributed by atoms with E-state index in [-0.39, 0.29) is 12.5 Å². The Hall–Kier alpha value is -2.80. The molecule has 6 heteroatoms. The van der Waals surface area contributed by atoms with Gasteiger partial charge < -0.3 is 15.6 Å². The second-order valence-corrected chi connectivity index (χ2v) is 8.43. The molecule has 0 saturated carbocycles. The van der Waals surface area contributed by atoms with E-state index in [4.69, 9.17) is 10.5 Å². The van der Waals surface area contributed by atoms with E-state index in [0.717, 1.165) is 17.4 Å². The number of fused-ring (bicyclic) bond motifs is 1. The summed E-state index contributed by atoms with van der Waals surface area (Å²) in [6, 6.07) is 18.5. The fourth-order valence-corrected chi connectivity index (χ4v) is 4.48. The van der Waals surface area contributed by atoms with E-state index in [1.54, 1.807) is 7.11 Å². The third kappa shape index (κ3) is 5.15. The number of benzene rings is 3. The molecule has 0 amide bonds. The molecule has 0 fully saturated rings. The van der Waals surface area contributed by atoms with Gasteiger partial charge in [-0.15, -0.1) is 0 Å². The number of hydrogen-bond donors (Lipinski definition) is 2. The lowest BCUT2D eigenvalue weighted by Crippen LogP contribution is -2.54. The molecule has 1 aliphatic rings. The van der Waals surface area contributed by atoms with Gasteiger partial charge in [0, 0.05) is 31.2 Å². The Morgan fingerprint density at radius 1 is 1.00 bits per heavy atom. The van der Waals surface area contributed by atoms with Crippen LogP contribution < -0.4 is 10.5 Å². The largest absolute Gasteiger partial charge is 0.497 e. The Morgan fingerprint density at radius 2 is 1.66 bits per heavy atom. The number of ether oxygens (including phenoxy) is 1. The molecule has 3 aromatic rings. The predicted molar refractivity (Wildman–Crippen MR) is 120 cm³/mol. The third-order valence-electron chi connectivity index (χ3n) is 6.16. The molecule has 0 aliphatic carbocycles. The van der Waals surface area contributed by atoms with E-state index < -0.39 is 23.8 Å². The number of nitrogens with two attached hydrogens (primary N) is 1. The number of halogens is 2. The van der Waals surface area contributed by atoms with Gasteiger partial charge in [0.05, 0.1) is 13.2 Å². The number of nitrogens with zero attached hydrogens (tertiary/aromatic N) is 1. The summed E-state index contributed by atoms with van der Waals surface area (Å²) in [4.78, 5) is 2.22. The lowest BCUT2D eigenvalue weighted by molar-refractivity contribution is 0.0173. The maximum absolute atomic E-state index is 13.6. The monoisotopic (exact) mass is 438 g/mol. The zero-order valence-electron chi connectivity index (χ0n) is 18.0. The Labute approximate surface area is 187 Å². The Balaban J connectivity index is 1.55. The maximum Gasteiger partial charge on any atom is 0.126 e. The van der Waals surface area contributed by atoms with E-state index in [2.05, 4.69) is 17.0 Å². The summed E-state index contributed by atoms with van der Waals surface area (Å²) in [6.07, 6.45) is -0.0313. The number of methoxy groups -OCH3 is 1. The van der Waals surface area contributed by atoms with Gasteiger partial charge in [0.15, 0.2) is 0 Å². The van der Waals surface area contributed by atoms with Crippen molar-refractivity contribution >= 4 is 0 Å². The highest BCUT2D eigenvalue weighted by Crippen LogP contribution is 2.28. The van der Waals surface area contributed by atoms with Crippen molar-refractivity contribution in [1.82, 2.24) is 4.90 Å². The summed E-state index contributed by atoms with van der Waals surface area (Å²) in [5.41, 5.74) is 10.3. The van der Waals surface area contributed by atoms with E-state index in [9.17, 15) is 13.9 Å². The quantitative estimate of drug-likeness (QED) is 0.589. The first kappa shape index (κ1) is 22.4. The van der Waals surface area contributed by atoms with Crippen molar-refractivity contribution in [3.63, 3.8) is 0 Å². The Morgan fingerprint density at radius 3 is 2.31 bits per heavy atom. The fraction of sp³-hybridized carbons (Fsp3) is 0.308. The van der Waals surface area contributed by atoms with E-state index in [1.165, 1.54) is 23.3 Å². The molecule has 0 bridgehead atoms. The SMILES string of the molecule is COc1ccc(CN2Cc3ccccc3C[C@@H]2[C@@H](O)[C@@H](N)Cc2cc(F)cc(F)c2)cc1. The van der Waals surface area contributed by atoms with E-state index in [0.29, 0.717) is 25.1 Å². The molecular weight excluding hydrogens is 410 g/mol. The van der Waals surface area contributed by atoms with Gasteiger partial charge >= 0.3 is 0 Å². The van der Waals surface area contributed by atoms with Gasteiger partial charge in [-0.2, -0.15) is 0 Å². The van der Waals surface area contributed by atoms with E-state index in [1.807, 2.05) is 36.4 Å². The first-order valence-electron chi connectivity index (χ1n) is 10.8. The molecular formula is C26H28F2N2O2. The molecule has 0 aromatic heterocycles. The zero-order valence-corrected chi connectivity index (χ0v) is 18.0. The van der Waals surface area contributed by atoms with E-state index >= 15 is 0 Å². The van der Waals surface area contributed by atoms with Gasteiger partial charge in [0.1, 0.15) is 17.4 Å². The number of aliphatic hydroxyl groups excluding tert-OH is 1. The van der Waals surface area contributed by atoms with Gasteiger partial charge in [-0.1, -0.05) is 36.4 Å². The van der Waals surface area contributed by atoms with Crippen LogP contribution in [0.1, 0.15) is 22.3 Å². The summed E-state index contributed by atoms with van der Waals surface area (Å²) in [7, 11) is 1.63. The molecule has 0 spiro atoms. The summed E-state index contributed by atoms with van der Waals surface area (Å²) >= 11 is 0. The Bertz CT molecular complexity index is 1040. The maximum atomic E-state index is 13.6. The standard InChI is InChI=1S/C26H28F2N2O2/c1-32-23-8-6-17(7-9-23)15-30-16-20-5-3-2-4-19(20)13-25(30)26(31)24(29)12-18-10-21(27)14-22(28)11-18/h2-11,14,24-26,31H,12-13,15-16,29H2,1H3/t24-,25+,26-/m0/s1. The number of hydrogen-bond acceptors (Lipinski definition) is 4. The van der Waals surface area contributed by atoms with Crippen LogP contribution in [0.25, 0.3) is 0 Å². The van der Waals surface area contributed by atoms with Crippen LogP contribution in [0.3, 0.4) is 0 Å². The van der Waals surface area contributed by atoms with Gasteiger partial charge in [0.2, 0.25) is 0 Å². The van der Waals surface area contributed by atoms with Crippen LogP contribution in [-0.2, 0) is 25.9 Å². The average molecular weight is 439 g/mol. The van der Waals surface area contributed by atoms with Gasteiger partial charge in [0.25, 0.3) is 0 Å². The van der Waals surface area contributed by atoms with Crippen molar-refractivity contribution in [2.24, 2.45) is 5.73 Å². The zero-order chi connectivity index (χ0) is 22.7. The van der Waals surface area contributed by atoms with Crippen molar-refractivity contribution in [1.29, 1.82) is 0 Å². The van der Waals surface area contributed by atoms with Crippen molar-refractivity contribution in [2.75, 3.05) is 7.11 Å². The van der Waals surface area contributed by atoms with Crippen LogP contribution in [0.4, 0.5) is 8.78 Å². The second kappa shape index (κ2) is 9.77. The average Bonchev–Trinajstić information content (AvgIpc) is 2.78. The summed E-state index contributed by atoms with van der Waals surface area (Å²) in [6.45, 7) is 1.33. The third-order valence-corrected chi connectivity index (χ3v) is 6.16. The molecule has 32 heavy (non-hydrogen) atoms. The normalized spacial score (nSPS) is 18.1. The molecule has 1 heterocycles. The first-order chi connectivity index (χ1) is 15.4. The molecule has 4 nitrogen and oxygen atoms in total. The molecule has 3 aromatic carbocycles. The van der Waals surface area contributed by atoms with Crippen LogP contribution in [0.2, 0.25) is 0 Å². The highest BCUT2D eigenvalue weighted by molar-refractivity contribution is 5.32. The molecule has 3 atom stereocenters. The number of rotatable bonds is 7. The Kier molecular flexibility index (Phi) is 6.84. The molecule has 0 saturated heterocycles. The topological polar surface area (TPSA) is 58.7 Å². The van der Waals surface area contributed by atoms with Gasteiger partial charge in [-0.05, 0) is 59.4 Å². The minimum Gasteiger partial charge on any atom is -0.497 e. The summed E-state index contributed by atoms with van der Waals surface area (Å²) < 4.78 is 32.4. The molecule has 0 radical (unpaired) electrons. The van der Waals surface area contributed by atoms with Gasteiger partial charge in [-0.25, -0.2) is 8.78 Å². The predicted octanol–water partition coefficient (Wildman–Crippen LogP) is 3.83. The summed E-state index contributed by atoms with van der Waals surface area (Å²) in [5.74, 6) is -0.498. The van der Waals surface area contributed by atoms with Crippen molar-refractivity contribution in [3.8, 4) is 5.75 Å². The second-order valence-electron chi connectivity index (χ2n) is 8.43. The number of aliphatic hydroxyl groups is 1. The molecule has 168 valence electrons. The van der Waals surface area contributed by atoms with Crippen molar-refractivity contribution in [2.45, 2.75) is 44.1 Å². The van der Waals surface area contributed by atoms with Crippen LogP contribution >= 0.6 is 0 Å². The minimum absolute atomic E-state index is 0.185. The lowest BCUT2D eigenvalue weighted by Gasteiger charge is -2.41. The minimum atomic E-state index is -0.868. The van der Waals surface area contributed by atoms with Crippen LogP contribution in [0.5, 0.6) is 5.75 Å². The molecule has 1 aliphatic heterocycles. The van der Waals surface area contributed by atoms with Crippen molar-refractivity contribution in [3.05, 3.63) is 101 Å². The first-order valence-corrected chi connectivity index (χ1v) is 10.8. The van der Waals surface area contributed by atoms with Crippen LogP contribution in [0.15, 0.2) is 66.7 Å². The lowest BCUT2D eigenvalue weighted by atomic mass is 9.87. The molecule has 0 unspecified atom stereocenters. The smallest absolute Gasteiger partial charge is 0.126 e. The fourth-order valence-electron chi connectivity index (χ4n) is 4.48. The van der Waals surface area contributed by atoms with Crippen molar-refractivity contribution < 1.29 is 18.6 Å². The molecule has 4 rings (SSSR count). The summed E-state index contributed by atoms with van der Waals surface area (Å²) in [5, 5.41) is 11.2.